The van der Waals surface area contributed by atoms with Gasteiger partial charge < -0.3 is 14.7 Å². The standard InChI is InChI=1S/C11H17NO4/c1-11(2,3)16-10(15)6-8(13)5-9(14)7-12-4/h9,14H,5-7H2,1-3H3/t9-/m0/s1. The Balaban J connectivity index is 3.98. The van der Waals surface area contributed by atoms with Crippen LogP contribution in [0.4, 0.5) is 0 Å². The average molecular weight is 227 g/mol. The second-order valence-electron chi connectivity index (χ2n) is 4.50. The van der Waals surface area contributed by atoms with Crippen molar-refractivity contribution in [2.45, 2.75) is 45.3 Å². The van der Waals surface area contributed by atoms with Crippen LogP contribution in [0.25, 0.3) is 4.85 Å². The molecule has 0 unspecified atom stereocenters. The molecule has 0 aliphatic heterocycles. The SMILES string of the molecule is [C-]#[N+]C[C@@H](O)CC(=O)CC(=O)OC(C)(C)C. The van der Waals surface area contributed by atoms with Gasteiger partial charge in [0.2, 0.25) is 6.54 Å². The van der Waals surface area contributed by atoms with E-state index in [1.54, 1.807) is 20.8 Å². The van der Waals surface area contributed by atoms with E-state index in [1.165, 1.54) is 0 Å². The van der Waals surface area contributed by atoms with Gasteiger partial charge in [-0.1, -0.05) is 0 Å². The minimum atomic E-state index is -0.993. The molecule has 16 heavy (non-hydrogen) atoms. The predicted octanol–water partition coefficient (Wildman–Crippen LogP) is 0.958. The van der Waals surface area contributed by atoms with Crippen LogP contribution < -0.4 is 0 Å². The third kappa shape index (κ3) is 7.94. The van der Waals surface area contributed by atoms with Crippen LogP contribution in [-0.2, 0) is 14.3 Å². The molecular weight excluding hydrogens is 210 g/mol. The number of aliphatic hydroxyl groups excluding tert-OH is 1. The molecule has 0 aromatic heterocycles. The van der Waals surface area contributed by atoms with E-state index in [0.717, 1.165) is 0 Å². The smallest absolute Gasteiger partial charge is 0.313 e. The quantitative estimate of drug-likeness (QED) is 0.431. The molecule has 90 valence electrons. The number of carbonyl (C=O) groups excluding carboxylic acids is 2. The fourth-order valence-electron chi connectivity index (χ4n) is 1.04. The number of aliphatic hydroxyl groups is 1. The summed E-state index contributed by atoms with van der Waals surface area (Å²) < 4.78 is 4.95. The number of ketones is 1. The Morgan fingerprint density at radius 2 is 2.00 bits per heavy atom. The lowest BCUT2D eigenvalue weighted by molar-refractivity contribution is -0.156. The van der Waals surface area contributed by atoms with E-state index >= 15 is 0 Å². The highest BCUT2D eigenvalue weighted by Gasteiger charge is 2.21. The van der Waals surface area contributed by atoms with E-state index in [4.69, 9.17) is 11.3 Å². The van der Waals surface area contributed by atoms with Gasteiger partial charge in [-0.25, -0.2) is 6.57 Å². The first-order valence-corrected chi connectivity index (χ1v) is 4.99. The number of nitrogens with zero attached hydrogens (tertiary/aromatic N) is 1. The Labute approximate surface area is 95.2 Å². The number of hydrogen-bond acceptors (Lipinski definition) is 4. The fourth-order valence-corrected chi connectivity index (χ4v) is 1.04. The highest BCUT2D eigenvalue weighted by molar-refractivity contribution is 5.95. The van der Waals surface area contributed by atoms with Crippen LogP contribution in [0.5, 0.6) is 0 Å². The summed E-state index contributed by atoms with van der Waals surface area (Å²) in [7, 11) is 0. The minimum absolute atomic E-state index is 0.125. The zero-order chi connectivity index (χ0) is 12.8. The van der Waals surface area contributed by atoms with Crippen molar-refractivity contribution in [1.82, 2.24) is 0 Å². The normalized spacial score (nSPS) is 12.7. The number of Topliss-reactive ketones (excluding diaryl/α,β-unsaturated/α-hetero) is 1. The van der Waals surface area contributed by atoms with Gasteiger partial charge in [0, 0.05) is 6.42 Å². The van der Waals surface area contributed by atoms with Crippen LogP contribution in [0.15, 0.2) is 0 Å². The molecule has 0 aromatic rings. The van der Waals surface area contributed by atoms with Crippen molar-refractivity contribution in [2.75, 3.05) is 6.54 Å². The fraction of sp³-hybridized carbons (Fsp3) is 0.727. The number of esters is 1. The molecule has 0 aliphatic carbocycles. The molecule has 0 heterocycles. The molecule has 0 amide bonds. The summed E-state index contributed by atoms with van der Waals surface area (Å²) in [5, 5.41) is 9.18. The summed E-state index contributed by atoms with van der Waals surface area (Å²) in [6.07, 6.45) is -1.53. The van der Waals surface area contributed by atoms with E-state index in [0.29, 0.717) is 0 Å². The van der Waals surface area contributed by atoms with Gasteiger partial charge in [-0.3, -0.25) is 9.59 Å². The third-order valence-corrected chi connectivity index (χ3v) is 1.53. The summed E-state index contributed by atoms with van der Waals surface area (Å²) in [4.78, 5) is 25.4. The Morgan fingerprint density at radius 1 is 1.44 bits per heavy atom. The van der Waals surface area contributed by atoms with Crippen molar-refractivity contribution >= 4 is 11.8 Å². The third-order valence-electron chi connectivity index (χ3n) is 1.53. The first kappa shape index (κ1) is 14.6. The number of ether oxygens (including phenoxy) is 1. The van der Waals surface area contributed by atoms with Gasteiger partial charge in [0.25, 0.3) is 0 Å². The van der Waals surface area contributed by atoms with Crippen LogP contribution in [0, 0.1) is 6.57 Å². The molecule has 0 aliphatic rings. The zero-order valence-electron chi connectivity index (χ0n) is 9.82. The highest BCUT2D eigenvalue weighted by Crippen LogP contribution is 2.09. The number of rotatable bonds is 5. The molecule has 0 saturated heterocycles. The molecule has 0 fully saturated rings. The number of carbonyl (C=O) groups is 2. The summed E-state index contributed by atoms with van der Waals surface area (Å²) >= 11 is 0. The molecule has 0 spiro atoms. The zero-order valence-corrected chi connectivity index (χ0v) is 9.82. The van der Waals surface area contributed by atoms with Gasteiger partial charge in [-0.15, -0.1) is 0 Å². The lowest BCUT2D eigenvalue weighted by atomic mass is 10.1. The molecule has 1 atom stereocenters. The maximum atomic E-state index is 11.3. The topological polar surface area (TPSA) is 68.0 Å². The van der Waals surface area contributed by atoms with Crippen molar-refractivity contribution in [3.8, 4) is 0 Å². The Morgan fingerprint density at radius 3 is 2.44 bits per heavy atom. The van der Waals surface area contributed by atoms with Crippen LogP contribution in [0.2, 0.25) is 0 Å². The summed E-state index contributed by atoms with van der Waals surface area (Å²) in [6.45, 7) is 11.5. The summed E-state index contributed by atoms with van der Waals surface area (Å²) in [6, 6.07) is 0. The average Bonchev–Trinajstić information content (AvgIpc) is 1.98. The summed E-state index contributed by atoms with van der Waals surface area (Å²) in [5.41, 5.74) is -0.619. The van der Waals surface area contributed by atoms with E-state index in [9.17, 15) is 14.7 Å². The molecule has 0 rings (SSSR count). The lowest BCUT2D eigenvalue weighted by Gasteiger charge is -2.19. The van der Waals surface area contributed by atoms with Crippen LogP contribution in [-0.4, -0.2) is 35.1 Å². The minimum Gasteiger partial charge on any atom is -0.460 e. The van der Waals surface area contributed by atoms with Crippen LogP contribution in [0.3, 0.4) is 0 Å². The number of hydrogen-bond donors (Lipinski definition) is 1. The molecule has 5 nitrogen and oxygen atoms in total. The molecule has 0 bridgehead atoms. The molecule has 0 aromatic carbocycles. The molecular formula is C11H17NO4. The van der Waals surface area contributed by atoms with Gasteiger partial charge >= 0.3 is 5.97 Å². The molecule has 1 N–H and O–H groups in total. The van der Waals surface area contributed by atoms with Crippen molar-refractivity contribution in [1.29, 1.82) is 0 Å². The second-order valence-corrected chi connectivity index (χ2v) is 4.50. The van der Waals surface area contributed by atoms with Crippen LogP contribution in [0.1, 0.15) is 33.6 Å². The van der Waals surface area contributed by atoms with Gasteiger partial charge in [0.15, 0.2) is 0 Å². The Bertz CT molecular complexity index is 298. The highest BCUT2D eigenvalue weighted by atomic mass is 16.6. The lowest BCUT2D eigenvalue weighted by Crippen LogP contribution is -2.26. The van der Waals surface area contributed by atoms with E-state index < -0.39 is 23.5 Å². The van der Waals surface area contributed by atoms with E-state index in [1.807, 2.05) is 0 Å². The Hall–Kier alpha value is -1.41. The second kappa shape index (κ2) is 6.23. The predicted molar refractivity (Wildman–Crippen MR) is 57.6 cm³/mol. The first-order chi connectivity index (χ1) is 7.24. The van der Waals surface area contributed by atoms with E-state index in [2.05, 4.69) is 4.85 Å². The largest absolute Gasteiger partial charge is 0.460 e. The van der Waals surface area contributed by atoms with E-state index in [-0.39, 0.29) is 19.4 Å². The van der Waals surface area contributed by atoms with Crippen molar-refractivity contribution in [2.24, 2.45) is 0 Å². The van der Waals surface area contributed by atoms with Gasteiger partial charge in [0.1, 0.15) is 23.9 Å². The van der Waals surface area contributed by atoms with Crippen molar-refractivity contribution in [3.05, 3.63) is 11.4 Å². The molecule has 0 saturated carbocycles. The maximum absolute atomic E-state index is 11.3. The maximum Gasteiger partial charge on any atom is 0.313 e. The monoisotopic (exact) mass is 227 g/mol. The molecule has 0 radical (unpaired) electrons. The van der Waals surface area contributed by atoms with Gasteiger partial charge in [-0.05, 0) is 20.8 Å². The Kier molecular flexibility index (Phi) is 5.68. The van der Waals surface area contributed by atoms with Gasteiger partial charge in [-0.2, -0.15) is 0 Å². The molecule has 5 heteroatoms. The van der Waals surface area contributed by atoms with Crippen molar-refractivity contribution < 1.29 is 19.4 Å². The first-order valence-electron chi connectivity index (χ1n) is 4.99. The summed E-state index contributed by atoms with van der Waals surface area (Å²) in [5.74, 6) is -1.02. The van der Waals surface area contributed by atoms with Gasteiger partial charge in [0.05, 0.1) is 0 Å². The van der Waals surface area contributed by atoms with Crippen LogP contribution >= 0.6 is 0 Å². The van der Waals surface area contributed by atoms with Crippen molar-refractivity contribution in [3.63, 3.8) is 0 Å².